The van der Waals surface area contributed by atoms with Crippen molar-refractivity contribution in [1.29, 1.82) is 0 Å². The Balaban J connectivity index is 1.81. The highest BCUT2D eigenvalue weighted by Gasteiger charge is 2.17. The first kappa shape index (κ1) is 21.4. The van der Waals surface area contributed by atoms with Crippen LogP contribution in [0.1, 0.15) is 37.8 Å². The number of carbonyl (C=O) groups excluding carboxylic acids is 1. The number of aromatic nitrogens is 2. The van der Waals surface area contributed by atoms with Gasteiger partial charge in [-0.3, -0.25) is 4.98 Å². The van der Waals surface area contributed by atoms with Crippen LogP contribution < -0.4 is 16.4 Å². The molecule has 8 nitrogen and oxygen atoms in total. The van der Waals surface area contributed by atoms with Gasteiger partial charge in [0.2, 0.25) is 0 Å². The largest absolute Gasteiger partial charge is 0.444 e. The Labute approximate surface area is 176 Å². The van der Waals surface area contributed by atoms with Crippen molar-refractivity contribution in [3.05, 3.63) is 35.3 Å². The molecular weight excluding hydrogens is 382 g/mol. The first-order valence-electron chi connectivity index (χ1n) is 9.89. The number of pyridine rings is 1. The zero-order valence-electron chi connectivity index (χ0n) is 18.3. The minimum Gasteiger partial charge on any atom is -0.444 e. The molecule has 2 aromatic heterocycles. The Morgan fingerprint density at radius 3 is 2.57 bits per heavy atom. The molecule has 3 aromatic rings. The topological polar surface area (TPSA) is 115 Å². The highest BCUT2D eigenvalue weighted by molar-refractivity contribution is 5.99. The third kappa shape index (κ3) is 4.64. The molecule has 1 amide bonds. The summed E-state index contributed by atoms with van der Waals surface area (Å²) >= 11 is 0. The SMILES string of the molecule is Cc1cc2c(NCCNC(=O)OC(C)(C)C)c(N)cnc2cc1-c1c(C)noc1C. The normalized spacial score (nSPS) is 11.5. The van der Waals surface area contributed by atoms with E-state index in [2.05, 4.69) is 26.8 Å². The third-order valence-electron chi connectivity index (χ3n) is 4.64. The fourth-order valence-electron chi connectivity index (χ4n) is 3.36. The fraction of sp³-hybridized carbons (Fsp3) is 0.409. The Kier molecular flexibility index (Phi) is 5.87. The molecule has 2 heterocycles. The van der Waals surface area contributed by atoms with Crippen LogP contribution >= 0.6 is 0 Å². The van der Waals surface area contributed by atoms with Gasteiger partial charge < -0.3 is 25.6 Å². The van der Waals surface area contributed by atoms with E-state index in [1.807, 2.05) is 47.6 Å². The van der Waals surface area contributed by atoms with Gasteiger partial charge in [-0.1, -0.05) is 5.16 Å². The number of rotatable bonds is 5. The highest BCUT2D eigenvalue weighted by atomic mass is 16.6. The molecule has 0 saturated carbocycles. The van der Waals surface area contributed by atoms with Crippen LogP contribution in [0.15, 0.2) is 22.9 Å². The van der Waals surface area contributed by atoms with E-state index in [1.165, 1.54) is 0 Å². The number of nitrogen functional groups attached to an aromatic ring is 1. The van der Waals surface area contributed by atoms with E-state index in [0.717, 1.165) is 44.7 Å². The average Bonchev–Trinajstić information content (AvgIpc) is 2.97. The lowest BCUT2D eigenvalue weighted by Gasteiger charge is -2.20. The van der Waals surface area contributed by atoms with Crippen LogP contribution in [-0.4, -0.2) is 34.9 Å². The Morgan fingerprint density at radius 2 is 1.93 bits per heavy atom. The second-order valence-electron chi connectivity index (χ2n) is 8.33. The van der Waals surface area contributed by atoms with E-state index in [4.69, 9.17) is 15.0 Å². The first-order valence-corrected chi connectivity index (χ1v) is 9.89. The molecule has 3 rings (SSSR count). The molecule has 30 heavy (non-hydrogen) atoms. The molecule has 0 radical (unpaired) electrons. The van der Waals surface area contributed by atoms with Crippen LogP contribution in [0.5, 0.6) is 0 Å². The van der Waals surface area contributed by atoms with Crippen LogP contribution in [0.4, 0.5) is 16.2 Å². The number of nitrogens with one attached hydrogen (secondary N) is 2. The van der Waals surface area contributed by atoms with Gasteiger partial charge in [-0.15, -0.1) is 0 Å². The second kappa shape index (κ2) is 8.22. The van der Waals surface area contributed by atoms with Gasteiger partial charge in [0, 0.05) is 24.0 Å². The minimum atomic E-state index is -0.528. The number of carbonyl (C=O) groups is 1. The van der Waals surface area contributed by atoms with Crippen molar-refractivity contribution in [1.82, 2.24) is 15.5 Å². The maximum atomic E-state index is 11.8. The van der Waals surface area contributed by atoms with E-state index in [-0.39, 0.29) is 0 Å². The van der Waals surface area contributed by atoms with Crippen molar-refractivity contribution >= 4 is 28.4 Å². The number of nitrogens with two attached hydrogens (primary N) is 1. The van der Waals surface area contributed by atoms with Crippen LogP contribution in [0.3, 0.4) is 0 Å². The van der Waals surface area contributed by atoms with Crippen molar-refractivity contribution in [3.63, 3.8) is 0 Å². The summed E-state index contributed by atoms with van der Waals surface area (Å²) < 4.78 is 10.6. The molecule has 8 heteroatoms. The van der Waals surface area contributed by atoms with Gasteiger partial charge in [0.25, 0.3) is 0 Å². The fourth-order valence-corrected chi connectivity index (χ4v) is 3.36. The number of alkyl carbamates (subject to hydrolysis) is 1. The maximum absolute atomic E-state index is 11.8. The predicted octanol–water partition coefficient (Wildman–Crippen LogP) is 4.33. The van der Waals surface area contributed by atoms with Crippen molar-refractivity contribution in [2.45, 2.75) is 47.1 Å². The zero-order chi connectivity index (χ0) is 22.1. The van der Waals surface area contributed by atoms with Crippen LogP contribution in [0, 0.1) is 20.8 Å². The summed E-state index contributed by atoms with van der Waals surface area (Å²) in [7, 11) is 0. The molecule has 0 aliphatic rings. The minimum absolute atomic E-state index is 0.397. The average molecular weight is 412 g/mol. The Hall–Kier alpha value is -3.29. The van der Waals surface area contributed by atoms with Gasteiger partial charge >= 0.3 is 6.09 Å². The van der Waals surface area contributed by atoms with Gasteiger partial charge in [0.05, 0.1) is 28.8 Å². The molecule has 0 aliphatic carbocycles. The summed E-state index contributed by atoms with van der Waals surface area (Å²) in [5.74, 6) is 0.775. The number of amides is 1. The number of nitrogens with zero attached hydrogens (tertiary/aromatic N) is 2. The number of ether oxygens (including phenoxy) is 1. The number of aryl methyl sites for hydroxylation is 3. The number of fused-ring (bicyclic) bond motifs is 1. The van der Waals surface area contributed by atoms with E-state index in [9.17, 15) is 4.79 Å². The lowest BCUT2D eigenvalue weighted by atomic mass is 9.96. The molecule has 0 unspecified atom stereocenters. The van der Waals surface area contributed by atoms with Crippen LogP contribution in [0.2, 0.25) is 0 Å². The molecule has 1 aromatic carbocycles. The maximum Gasteiger partial charge on any atom is 0.407 e. The van der Waals surface area contributed by atoms with Gasteiger partial charge in [0.15, 0.2) is 0 Å². The molecule has 0 aliphatic heterocycles. The van der Waals surface area contributed by atoms with Gasteiger partial charge in [-0.05, 0) is 64.8 Å². The standard InChI is InChI=1S/C22H29N5O3/c1-12-9-16-18(10-15(12)19-13(2)27-30-14(19)3)26-11-17(23)20(16)24-7-8-25-21(28)29-22(4,5)6/h9-11H,7-8,23H2,1-6H3,(H,24,26)(H,25,28). The Morgan fingerprint density at radius 1 is 1.20 bits per heavy atom. The van der Waals surface area contributed by atoms with Crippen LogP contribution in [0.25, 0.3) is 22.0 Å². The summed E-state index contributed by atoms with van der Waals surface area (Å²) in [5, 5.41) is 11.0. The Bertz CT molecular complexity index is 1060. The number of anilines is 2. The van der Waals surface area contributed by atoms with E-state index < -0.39 is 11.7 Å². The number of hydrogen-bond donors (Lipinski definition) is 3. The molecule has 160 valence electrons. The molecule has 4 N–H and O–H groups in total. The van der Waals surface area contributed by atoms with Crippen molar-refractivity contribution in [3.8, 4) is 11.1 Å². The molecule has 0 atom stereocenters. The van der Waals surface area contributed by atoms with Crippen LogP contribution in [-0.2, 0) is 4.74 Å². The number of benzene rings is 1. The van der Waals surface area contributed by atoms with Gasteiger partial charge in [-0.25, -0.2) is 4.79 Å². The van der Waals surface area contributed by atoms with Crippen molar-refractivity contribution in [2.24, 2.45) is 0 Å². The lowest BCUT2D eigenvalue weighted by molar-refractivity contribution is 0.0530. The molecule has 0 fully saturated rings. The monoisotopic (exact) mass is 411 g/mol. The van der Waals surface area contributed by atoms with Crippen molar-refractivity contribution < 1.29 is 14.1 Å². The molecular formula is C22H29N5O3. The first-order chi connectivity index (χ1) is 14.1. The lowest BCUT2D eigenvalue weighted by Crippen LogP contribution is -2.35. The smallest absolute Gasteiger partial charge is 0.407 e. The van der Waals surface area contributed by atoms with E-state index in [1.54, 1.807) is 6.20 Å². The predicted molar refractivity (Wildman–Crippen MR) is 119 cm³/mol. The summed E-state index contributed by atoms with van der Waals surface area (Å²) in [6.07, 6.45) is 1.19. The molecule has 0 bridgehead atoms. The summed E-state index contributed by atoms with van der Waals surface area (Å²) in [6, 6.07) is 4.09. The molecule has 0 spiro atoms. The quantitative estimate of drug-likeness (QED) is 0.535. The van der Waals surface area contributed by atoms with Gasteiger partial charge in [-0.2, -0.15) is 0 Å². The van der Waals surface area contributed by atoms with Gasteiger partial charge in [0.1, 0.15) is 11.4 Å². The summed E-state index contributed by atoms with van der Waals surface area (Å²) in [4.78, 5) is 16.3. The van der Waals surface area contributed by atoms with E-state index >= 15 is 0 Å². The highest BCUT2D eigenvalue weighted by Crippen LogP contribution is 2.35. The summed E-state index contributed by atoms with van der Waals surface area (Å²) in [5.41, 5.74) is 11.7. The second-order valence-corrected chi connectivity index (χ2v) is 8.33. The molecule has 0 saturated heterocycles. The van der Waals surface area contributed by atoms with E-state index in [0.29, 0.717) is 18.8 Å². The number of hydrogen-bond acceptors (Lipinski definition) is 7. The third-order valence-corrected chi connectivity index (χ3v) is 4.64. The zero-order valence-corrected chi connectivity index (χ0v) is 18.3. The van der Waals surface area contributed by atoms with Crippen molar-refractivity contribution in [2.75, 3.05) is 24.1 Å². The summed E-state index contributed by atoms with van der Waals surface area (Å²) in [6.45, 7) is 12.2.